The maximum Gasteiger partial charge on any atom is 0.230 e. The summed E-state index contributed by atoms with van der Waals surface area (Å²) in [7, 11) is 0. The fraction of sp³-hybridized carbons (Fsp3) is 0.462. The second-order valence-corrected chi connectivity index (χ2v) is 5.72. The number of nitrogens with one attached hydrogen (secondary N) is 1. The van der Waals surface area contributed by atoms with Gasteiger partial charge in [-0.1, -0.05) is 41.4 Å². The predicted molar refractivity (Wildman–Crippen MR) is 78.2 cm³/mol. The minimum Gasteiger partial charge on any atom is -0.355 e. The van der Waals surface area contributed by atoms with Crippen molar-refractivity contribution in [1.82, 2.24) is 5.32 Å². The fourth-order valence-corrected chi connectivity index (χ4v) is 2.38. The van der Waals surface area contributed by atoms with Crippen molar-refractivity contribution in [1.29, 1.82) is 0 Å². The van der Waals surface area contributed by atoms with Crippen molar-refractivity contribution in [3.05, 3.63) is 34.3 Å². The lowest BCUT2D eigenvalue weighted by Crippen LogP contribution is -2.26. The molecule has 0 aliphatic rings. The number of thioether (sulfide) groups is 1. The van der Waals surface area contributed by atoms with Gasteiger partial charge < -0.3 is 5.32 Å². The van der Waals surface area contributed by atoms with Crippen molar-refractivity contribution < 1.29 is 4.79 Å². The summed E-state index contributed by atoms with van der Waals surface area (Å²) in [6.45, 7) is 2.92. The molecular formula is C13H18BrNOS. The Kier molecular flexibility index (Phi) is 7.37. The summed E-state index contributed by atoms with van der Waals surface area (Å²) >= 11 is 5.05. The van der Waals surface area contributed by atoms with Gasteiger partial charge in [-0.3, -0.25) is 4.79 Å². The van der Waals surface area contributed by atoms with Gasteiger partial charge in [-0.2, -0.15) is 0 Å². The summed E-state index contributed by atoms with van der Waals surface area (Å²) in [5.41, 5.74) is 1.25. The number of hydrogen-bond acceptors (Lipinski definition) is 2. The number of hydrogen-bond donors (Lipinski definition) is 1. The molecule has 0 aliphatic carbocycles. The average Bonchev–Trinajstić information content (AvgIpc) is 2.32. The molecule has 1 amide bonds. The smallest absolute Gasteiger partial charge is 0.230 e. The standard InChI is InChI=1S/C13H18BrNOS/c1-2-3-8-15-13(16)10-17-9-11-4-6-12(14)7-5-11/h4-7H,2-3,8-10H2,1H3,(H,15,16). The molecule has 17 heavy (non-hydrogen) atoms. The molecule has 1 aromatic rings. The molecule has 0 saturated carbocycles. The molecule has 94 valence electrons. The van der Waals surface area contributed by atoms with Gasteiger partial charge in [-0.25, -0.2) is 0 Å². The van der Waals surface area contributed by atoms with Crippen molar-refractivity contribution in [3.8, 4) is 0 Å². The second-order valence-electron chi connectivity index (χ2n) is 3.82. The summed E-state index contributed by atoms with van der Waals surface area (Å²) in [6, 6.07) is 8.20. The van der Waals surface area contributed by atoms with Gasteiger partial charge in [-0.05, 0) is 24.1 Å². The second kappa shape index (κ2) is 8.59. The highest BCUT2D eigenvalue weighted by Crippen LogP contribution is 2.15. The van der Waals surface area contributed by atoms with Crippen molar-refractivity contribution in [3.63, 3.8) is 0 Å². The van der Waals surface area contributed by atoms with Gasteiger partial charge in [0.25, 0.3) is 0 Å². The molecule has 0 unspecified atom stereocenters. The lowest BCUT2D eigenvalue weighted by molar-refractivity contribution is -0.118. The monoisotopic (exact) mass is 315 g/mol. The molecule has 1 aromatic carbocycles. The van der Waals surface area contributed by atoms with Gasteiger partial charge in [0.2, 0.25) is 5.91 Å². The van der Waals surface area contributed by atoms with Gasteiger partial charge in [-0.15, -0.1) is 11.8 Å². The number of carbonyl (C=O) groups excluding carboxylic acids is 1. The molecule has 4 heteroatoms. The molecule has 1 rings (SSSR count). The average molecular weight is 316 g/mol. The van der Waals surface area contributed by atoms with E-state index < -0.39 is 0 Å². The van der Waals surface area contributed by atoms with E-state index >= 15 is 0 Å². The molecule has 1 N–H and O–H groups in total. The number of amides is 1. The van der Waals surface area contributed by atoms with E-state index in [9.17, 15) is 4.79 Å². The number of unbranched alkanes of at least 4 members (excludes halogenated alkanes) is 1. The van der Waals surface area contributed by atoms with Crippen LogP contribution in [-0.4, -0.2) is 18.2 Å². The zero-order chi connectivity index (χ0) is 12.5. The summed E-state index contributed by atoms with van der Waals surface area (Å²) in [4.78, 5) is 11.4. The Morgan fingerprint density at radius 3 is 2.71 bits per heavy atom. The molecule has 0 aromatic heterocycles. The first-order chi connectivity index (χ1) is 8.22. The zero-order valence-electron chi connectivity index (χ0n) is 10.0. The van der Waals surface area contributed by atoms with E-state index in [0.29, 0.717) is 5.75 Å². The number of carbonyl (C=O) groups is 1. The molecule has 2 nitrogen and oxygen atoms in total. The molecule has 0 bridgehead atoms. The lowest BCUT2D eigenvalue weighted by Gasteiger charge is -2.04. The van der Waals surface area contributed by atoms with Crippen molar-refractivity contribution in [2.45, 2.75) is 25.5 Å². The lowest BCUT2D eigenvalue weighted by atomic mass is 10.2. The number of halogens is 1. The van der Waals surface area contributed by atoms with Crippen LogP contribution in [-0.2, 0) is 10.5 Å². The topological polar surface area (TPSA) is 29.1 Å². The van der Waals surface area contributed by atoms with E-state index in [1.807, 2.05) is 12.1 Å². The Morgan fingerprint density at radius 1 is 1.35 bits per heavy atom. The minimum atomic E-state index is 0.139. The first kappa shape index (κ1) is 14.6. The predicted octanol–water partition coefficient (Wildman–Crippen LogP) is 3.60. The summed E-state index contributed by atoms with van der Waals surface area (Å²) < 4.78 is 1.09. The van der Waals surface area contributed by atoms with Crippen LogP contribution in [0.15, 0.2) is 28.7 Å². The molecule has 0 spiro atoms. The first-order valence-electron chi connectivity index (χ1n) is 5.81. The molecule has 0 radical (unpaired) electrons. The third kappa shape index (κ3) is 6.74. The zero-order valence-corrected chi connectivity index (χ0v) is 12.4. The van der Waals surface area contributed by atoms with E-state index in [0.717, 1.165) is 29.6 Å². The van der Waals surface area contributed by atoms with Gasteiger partial charge >= 0.3 is 0 Å². The highest BCUT2D eigenvalue weighted by molar-refractivity contribution is 9.10. The molecule has 0 aliphatic heterocycles. The van der Waals surface area contributed by atoms with Crippen LogP contribution in [0.4, 0.5) is 0 Å². The Bertz CT molecular complexity index is 340. The molecular weight excluding hydrogens is 298 g/mol. The van der Waals surface area contributed by atoms with Crippen LogP contribution in [0.1, 0.15) is 25.3 Å². The van der Waals surface area contributed by atoms with Crippen LogP contribution in [0.2, 0.25) is 0 Å². The quantitative estimate of drug-likeness (QED) is 0.779. The first-order valence-corrected chi connectivity index (χ1v) is 7.76. The minimum absolute atomic E-state index is 0.139. The number of benzene rings is 1. The van der Waals surface area contributed by atoms with Crippen LogP contribution in [0.3, 0.4) is 0 Å². The van der Waals surface area contributed by atoms with E-state index in [1.54, 1.807) is 11.8 Å². The maximum absolute atomic E-state index is 11.4. The summed E-state index contributed by atoms with van der Waals surface area (Å²) in [5, 5.41) is 2.91. The van der Waals surface area contributed by atoms with Crippen LogP contribution in [0, 0.1) is 0 Å². The van der Waals surface area contributed by atoms with Crippen molar-refractivity contribution >= 4 is 33.6 Å². The third-order valence-electron chi connectivity index (χ3n) is 2.27. The van der Waals surface area contributed by atoms with Crippen LogP contribution < -0.4 is 5.32 Å². The molecule has 0 atom stereocenters. The normalized spacial score (nSPS) is 10.2. The molecule has 0 fully saturated rings. The van der Waals surface area contributed by atoms with Crippen molar-refractivity contribution in [2.75, 3.05) is 12.3 Å². The van der Waals surface area contributed by atoms with Gasteiger partial charge in [0, 0.05) is 16.8 Å². The van der Waals surface area contributed by atoms with Crippen LogP contribution in [0.5, 0.6) is 0 Å². The Morgan fingerprint density at radius 2 is 2.06 bits per heavy atom. The van der Waals surface area contributed by atoms with Crippen LogP contribution in [0.25, 0.3) is 0 Å². The number of rotatable bonds is 7. The molecule has 0 saturated heterocycles. The fourth-order valence-electron chi connectivity index (χ4n) is 1.30. The van der Waals surface area contributed by atoms with Gasteiger partial charge in [0.05, 0.1) is 5.75 Å². The SMILES string of the molecule is CCCCNC(=O)CSCc1ccc(Br)cc1. The maximum atomic E-state index is 11.4. The van der Waals surface area contributed by atoms with E-state index in [2.05, 4.69) is 40.3 Å². The molecule has 0 heterocycles. The largest absolute Gasteiger partial charge is 0.355 e. The summed E-state index contributed by atoms with van der Waals surface area (Å²) in [6.07, 6.45) is 2.18. The Hall–Kier alpha value is -0.480. The third-order valence-corrected chi connectivity index (χ3v) is 3.80. The Balaban J connectivity index is 2.14. The van der Waals surface area contributed by atoms with E-state index in [1.165, 1.54) is 5.56 Å². The highest BCUT2D eigenvalue weighted by Gasteiger charge is 2.01. The van der Waals surface area contributed by atoms with Crippen LogP contribution >= 0.6 is 27.7 Å². The van der Waals surface area contributed by atoms with E-state index in [4.69, 9.17) is 0 Å². The van der Waals surface area contributed by atoms with E-state index in [-0.39, 0.29) is 5.91 Å². The Labute approximate surface area is 116 Å². The van der Waals surface area contributed by atoms with Gasteiger partial charge in [0.1, 0.15) is 0 Å². The van der Waals surface area contributed by atoms with Gasteiger partial charge in [0.15, 0.2) is 0 Å². The van der Waals surface area contributed by atoms with Crippen molar-refractivity contribution in [2.24, 2.45) is 0 Å². The summed E-state index contributed by atoms with van der Waals surface area (Å²) in [5.74, 6) is 1.56. The highest BCUT2D eigenvalue weighted by atomic mass is 79.9.